The van der Waals surface area contributed by atoms with E-state index in [4.69, 9.17) is 0 Å². The van der Waals surface area contributed by atoms with E-state index < -0.39 is 0 Å². The normalized spacial score (nSPS) is 8.10. The molecule has 10 heavy (non-hydrogen) atoms. The minimum atomic E-state index is 0.462. The minimum absolute atomic E-state index is 0.462. The van der Waals surface area contributed by atoms with E-state index in [9.17, 15) is 4.79 Å². The summed E-state index contributed by atoms with van der Waals surface area (Å²) in [4.78, 5) is 11.5. The highest BCUT2D eigenvalue weighted by Crippen LogP contribution is 1.72. The number of rotatable bonds is 4. The first-order valence-corrected chi connectivity index (χ1v) is 3.47. The first-order chi connectivity index (χ1) is 4.77. The van der Waals surface area contributed by atoms with Crippen LogP contribution >= 0.6 is 0 Å². The van der Waals surface area contributed by atoms with Crippen LogP contribution in [-0.2, 0) is 9.53 Å². The van der Waals surface area contributed by atoms with Gasteiger partial charge in [0.2, 0.25) is 0 Å². The van der Waals surface area contributed by atoms with Gasteiger partial charge in [0.1, 0.15) is 6.61 Å². The topological polar surface area (TPSA) is 29.5 Å². The number of carbonyl (C=O) groups is 1. The molecule has 0 saturated carbocycles. The Morgan fingerprint density at radius 3 is 2.20 bits per heavy atom. The highest BCUT2D eigenvalue weighted by molar-refractivity contribution is 5.36. The van der Waals surface area contributed by atoms with E-state index in [0.717, 1.165) is 6.54 Å². The molecule has 0 atom stereocenters. The summed E-state index contributed by atoms with van der Waals surface area (Å²) >= 11 is 0. The minimum Gasteiger partial charge on any atom is -0.467 e. The maximum atomic E-state index is 9.55. The number of carbonyl (C=O) groups excluding carboxylic acids is 1. The summed E-state index contributed by atoms with van der Waals surface area (Å²) < 4.78 is 4.42. The second-order valence-corrected chi connectivity index (χ2v) is 1.77. The number of hydrogen-bond donors (Lipinski definition) is 0. The van der Waals surface area contributed by atoms with Gasteiger partial charge < -0.3 is 9.64 Å². The molecule has 3 nitrogen and oxygen atoms in total. The highest BCUT2D eigenvalue weighted by Gasteiger charge is 1.86. The lowest BCUT2D eigenvalue weighted by atomic mass is 10.6. The summed E-state index contributed by atoms with van der Waals surface area (Å²) in [6.45, 7) is 5.73. The van der Waals surface area contributed by atoms with Crippen LogP contribution in [0.15, 0.2) is 0 Å². The summed E-state index contributed by atoms with van der Waals surface area (Å²) in [5.41, 5.74) is 0. The van der Waals surface area contributed by atoms with Gasteiger partial charge in [-0.05, 0) is 14.1 Å². The molecule has 3 heteroatoms. The zero-order valence-corrected chi connectivity index (χ0v) is 7.26. The molecule has 0 radical (unpaired) electrons. The highest BCUT2D eigenvalue weighted by atomic mass is 16.5. The van der Waals surface area contributed by atoms with Gasteiger partial charge in [0, 0.05) is 6.54 Å². The third-order valence-corrected chi connectivity index (χ3v) is 0.724. The van der Waals surface area contributed by atoms with Crippen LogP contribution in [0.3, 0.4) is 0 Å². The predicted octanol–water partition coefficient (Wildman–Crippen LogP) is 0.747. The summed E-state index contributed by atoms with van der Waals surface area (Å²) in [5.74, 6) is 0. The van der Waals surface area contributed by atoms with Crippen LogP contribution in [0.25, 0.3) is 0 Å². The average Bonchev–Trinajstić information content (AvgIpc) is 1.92. The fourth-order valence-electron chi connectivity index (χ4n) is 0.283. The van der Waals surface area contributed by atoms with Crippen molar-refractivity contribution in [2.24, 2.45) is 0 Å². The lowest BCUT2D eigenvalue weighted by Crippen LogP contribution is -2.17. The molecular formula is C7H17NO2. The Kier molecular flexibility index (Phi) is 13.7. The predicted molar refractivity (Wildman–Crippen MR) is 41.9 cm³/mol. The van der Waals surface area contributed by atoms with Crippen molar-refractivity contribution in [2.45, 2.75) is 13.8 Å². The van der Waals surface area contributed by atoms with Crippen molar-refractivity contribution in [1.29, 1.82) is 0 Å². The Balaban J connectivity index is 0. The van der Waals surface area contributed by atoms with E-state index in [2.05, 4.69) is 4.74 Å². The lowest BCUT2D eigenvalue weighted by Gasteiger charge is -2.06. The SMILES string of the molecule is CC.CN(C)CCOC=O. The van der Waals surface area contributed by atoms with Gasteiger partial charge in [-0.15, -0.1) is 0 Å². The molecule has 0 heterocycles. The summed E-state index contributed by atoms with van der Waals surface area (Å²) in [7, 11) is 3.85. The molecule has 0 saturated heterocycles. The zero-order valence-electron chi connectivity index (χ0n) is 7.26. The molecule has 62 valence electrons. The van der Waals surface area contributed by atoms with E-state index in [1.54, 1.807) is 0 Å². The fraction of sp³-hybridized carbons (Fsp3) is 0.857. The van der Waals surface area contributed by atoms with Crippen LogP contribution in [0.5, 0.6) is 0 Å². The molecule has 0 amide bonds. The lowest BCUT2D eigenvalue weighted by molar-refractivity contribution is -0.128. The van der Waals surface area contributed by atoms with Gasteiger partial charge in [0.05, 0.1) is 0 Å². The van der Waals surface area contributed by atoms with Gasteiger partial charge in [-0.3, -0.25) is 4.79 Å². The Morgan fingerprint density at radius 2 is 1.90 bits per heavy atom. The van der Waals surface area contributed by atoms with Crippen LogP contribution in [-0.4, -0.2) is 38.6 Å². The van der Waals surface area contributed by atoms with Crippen molar-refractivity contribution in [3.05, 3.63) is 0 Å². The molecule has 0 aliphatic rings. The van der Waals surface area contributed by atoms with Crippen LogP contribution in [0.4, 0.5) is 0 Å². The first-order valence-electron chi connectivity index (χ1n) is 3.47. The third-order valence-electron chi connectivity index (χ3n) is 0.724. The average molecular weight is 147 g/mol. The van der Waals surface area contributed by atoms with Crippen molar-refractivity contribution >= 4 is 6.47 Å². The molecule has 0 spiro atoms. The second kappa shape index (κ2) is 11.3. The molecule has 0 aromatic carbocycles. The van der Waals surface area contributed by atoms with Gasteiger partial charge in [-0.2, -0.15) is 0 Å². The Bertz CT molecular complexity index is 64.6. The van der Waals surface area contributed by atoms with E-state index in [-0.39, 0.29) is 0 Å². The van der Waals surface area contributed by atoms with Crippen molar-refractivity contribution < 1.29 is 9.53 Å². The maximum absolute atomic E-state index is 9.55. The largest absolute Gasteiger partial charge is 0.467 e. The molecule has 0 aliphatic carbocycles. The summed E-state index contributed by atoms with van der Waals surface area (Å²) in [6.07, 6.45) is 0. The molecular weight excluding hydrogens is 130 g/mol. The standard InChI is InChI=1S/C5H11NO2.C2H6/c1-6(2)3-4-8-5-7;1-2/h5H,3-4H2,1-2H3;1-2H3. The molecule has 0 aromatic rings. The second-order valence-electron chi connectivity index (χ2n) is 1.77. The molecule has 0 fully saturated rings. The van der Waals surface area contributed by atoms with Gasteiger partial charge in [-0.1, -0.05) is 13.8 Å². The van der Waals surface area contributed by atoms with E-state index in [1.165, 1.54) is 0 Å². The van der Waals surface area contributed by atoms with Gasteiger partial charge in [0.25, 0.3) is 6.47 Å². The smallest absolute Gasteiger partial charge is 0.293 e. The maximum Gasteiger partial charge on any atom is 0.293 e. The molecule has 0 aliphatic heterocycles. The number of likely N-dealkylation sites (N-methyl/N-ethyl adjacent to an activating group) is 1. The zero-order chi connectivity index (χ0) is 8.41. The third kappa shape index (κ3) is 15.7. The summed E-state index contributed by atoms with van der Waals surface area (Å²) in [5, 5.41) is 0. The van der Waals surface area contributed by atoms with Gasteiger partial charge >= 0.3 is 0 Å². The van der Waals surface area contributed by atoms with Gasteiger partial charge in [-0.25, -0.2) is 0 Å². The van der Waals surface area contributed by atoms with E-state index in [0.29, 0.717) is 13.1 Å². The fourth-order valence-corrected chi connectivity index (χ4v) is 0.283. The molecule has 0 N–H and O–H groups in total. The quantitative estimate of drug-likeness (QED) is 0.434. The van der Waals surface area contributed by atoms with E-state index >= 15 is 0 Å². The van der Waals surface area contributed by atoms with Crippen LogP contribution in [0, 0.1) is 0 Å². The van der Waals surface area contributed by atoms with Crippen LogP contribution < -0.4 is 0 Å². The monoisotopic (exact) mass is 147 g/mol. The Hall–Kier alpha value is -0.570. The van der Waals surface area contributed by atoms with Crippen molar-refractivity contribution in [2.75, 3.05) is 27.2 Å². The van der Waals surface area contributed by atoms with Crippen molar-refractivity contribution in [1.82, 2.24) is 4.90 Å². The number of hydrogen-bond acceptors (Lipinski definition) is 3. The van der Waals surface area contributed by atoms with Crippen LogP contribution in [0.2, 0.25) is 0 Å². The molecule has 0 aromatic heterocycles. The molecule has 0 rings (SSSR count). The van der Waals surface area contributed by atoms with Crippen molar-refractivity contribution in [3.63, 3.8) is 0 Å². The van der Waals surface area contributed by atoms with Gasteiger partial charge in [0.15, 0.2) is 0 Å². The first kappa shape index (κ1) is 12.1. The number of nitrogens with zero attached hydrogens (tertiary/aromatic N) is 1. The molecule has 0 bridgehead atoms. The van der Waals surface area contributed by atoms with Crippen molar-refractivity contribution in [3.8, 4) is 0 Å². The van der Waals surface area contributed by atoms with Crippen LogP contribution in [0.1, 0.15) is 13.8 Å². The summed E-state index contributed by atoms with van der Waals surface area (Å²) in [6, 6.07) is 0. The molecule has 0 unspecified atom stereocenters. The Labute approximate surface area is 63.0 Å². The van der Waals surface area contributed by atoms with E-state index in [1.807, 2.05) is 32.8 Å². The Morgan fingerprint density at radius 1 is 1.40 bits per heavy atom. The number of ether oxygens (including phenoxy) is 1.